The highest BCUT2D eigenvalue weighted by molar-refractivity contribution is 5.92. The van der Waals surface area contributed by atoms with Crippen LogP contribution in [0.2, 0.25) is 0 Å². The number of rotatable bonds is 9. The average molecular weight is 1200 g/mol. The van der Waals surface area contributed by atoms with E-state index in [-0.39, 0.29) is 56.8 Å². The lowest BCUT2D eigenvalue weighted by Gasteiger charge is -2.60. The van der Waals surface area contributed by atoms with E-state index in [0.29, 0.717) is 50.0 Å². The van der Waals surface area contributed by atoms with Crippen LogP contribution in [-0.4, -0.2) is 141 Å². The van der Waals surface area contributed by atoms with E-state index in [2.05, 4.69) is 90.7 Å². The number of carboxylic acids is 1. The number of hydrogen-bond donors (Lipinski definition) is 5. The van der Waals surface area contributed by atoms with Crippen LogP contribution in [0.1, 0.15) is 80.2 Å². The lowest BCUT2D eigenvalue weighted by atomic mass is 9.56. The van der Waals surface area contributed by atoms with Crippen LogP contribution < -0.4 is 5.32 Å². The number of nitrogens with zero attached hydrogens (tertiary/aromatic N) is 8. The number of H-pyrrole nitrogens is 3. The standard InChI is InChI=1S/C69H69N12O8/c1-10-75-69-37-65(71-6)53(61(82)83)35-87-41(3)66(65,72-7)39-81(69)45(26-50-47-18-12-15-21-55(47)78-60(50)69)33-89-62(84)52-34-85-30-42-25-43(52)28-67(73-8)59-51(48-19-13-16-22-56(48)77-59)27-57(80(67)29-42)88-32-44-31-86-40(2)63(4)38-79-24-23-49-46-17-11-14-20-54(46)76-58(49)68(79,74-9)36-64(44,63)70-5/h1,5-6,8-9,11-22,31,34-35,40-43,45,57,75-78H,7,23-30,32-33,36-39H2,2-4H3/q+3/p+1/t40-,41-,42-,43+,45?,57?,63+,64-,65-,66+,67-,68-,69-/m0/s1. The van der Waals surface area contributed by atoms with Crippen LogP contribution in [-0.2, 0) is 69.5 Å². The number of aliphatic imine (C=N–C) groups is 1. The van der Waals surface area contributed by atoms with Crippen molar-refractivity contribution in [2.75, 3.05) is 46.0 Å². The first-order valence-corrected chi connectivity index (χ1v) is 30.6. The molecule has 450 valence electrons. The van der Waals surface area contributed by atoms with Crippen molar-refractivity contribution in [3.05, 3.63) is 161 Å². The maximum absolute atomic E-state index is 15.4. The van der Waals surface area contributed by atoms with Crippen LogP contribution >= 0.6 is 0 Å². The minimum absolute atomic E-state index is 0.00328. The predicted molar refractivity (Wildman–Crippen MR) is 336 cm³/mol. The second-order valence-electron chi connectivity index (χ2n) is 26.2. The molecule has 5 N–H and O–H groups in total. The molecule has 6 aromatic rings. The number of aromatic amines is 3. The van der Waals surface area contributed by atoms with Crippen molar-refractivity contribution >= 4 is 51.4 Å². The van der Waals surface area contributed by atoms with E-state index >= 15 is 4.79 Å². The van der Waals surface area contributed by atoms with Crippen LogP contribution in [0.15, 0.2) is 113 Å². The summed E-state index contributed by atoms with van der Waals surface area (Å²) in [6.07, 6.45) is 11.8. The number of hydrogen-bond acceptors (Lipinski definition) is 12. The normalized spacial score (nSPS) is 35.1. The third kappa shape index (κ3) is 7.36. The molecule has 2 bridgehead atoms. The van der Waals surface area contributed by atoms with Gasteiger partial charge in [-0.25, -0.2) is 14.5 Å². The number of terminal acetylenes is 1. The molecule has 9 aliphatic heterocycles. The van der Waals surface area contributed by atoms with Crippen LogP contribution in [0.5, 0.6) is 0 Å². The largest absolute Gasteiger partial charge is 0.500 e. The number of carbonyl (C=O) groups excluding carboxylic acids is 1. The van der Waals surface area contributed by atoms with E-state index in [0.717, 1.165) is 73.8 Å². The highest BCUT2D eigenvalue weighted by atomic mass is 16.5. The number of ether oxygens (including phenoxy) is 5. The summed E-state index contributed by atoms with van der Waals surface area (Å²) in [6, 6.07) is 26.4. The van der Waals surface area contributed by atoms with Gasteiger partial charge in [-0.15, -0.1) is 0 Å². The van der Waals surface area contributed by atoms with Gasteiger partial charge in [0.15, 0.2) is 11.1 Å². The van der Waals surface area contributed by atoms with E-state index < -0.39 is 75.3 Å². The van der Waals surface area contributed by atoms with Crippen LogP contribution in [0.3, 0.4) is 0 Å². The predicted octanol–water partition coefficient (Wildman–Crippen LogP) is 9.21. The molecule has 13 atom stereocenters. The van der Waals surface area contributed by atoms with Gasteiger partial charge in [-0.3, -0.25) is 9.89 Å². The van der Waals surface area contributed by atoms with E-state index in [9.17, 15) is 9.90 Å². The van der Waals surface area contributed by atoms with Gasteiger partial charge >= 0.3 is 34.3 Å². The van der Waals surface area contributed by atoms with Gasteiger partial charge in [0.05, 0.1) is 61.5 Å². The highest BCUT2D eigenvalue weighted by Crippen LogP contribution is 2.62. The zero-order valence-electron chi connectivity index (χ0n) is 50.0. The number of aromatic nitrogens is 3. The zero-order valence-corrected chi connectivity index (χ0v) is 50.0. The molecule has 0 spiro atoms. The van der Waals surface area contributed by atoms with E-state index in [1.165, 1.54) is 11.8 Å². The fourth-order valence-corrected chi connectivity index (χ4v) is 18.0. The molecule has 20 heteroatoms. The van der Waals surface area contributed by atoms with Crippen molar-refractivity contribution in [1.82, 2.24) is 35.0 Å². The van der Waals surface area contributed by atoms with Crippen molar-refractivity contribution in [3.63, 3.8) is 0 Å². The smallest absolute Gasteiger partial charge is 0.386 e. The van der Waals surface area contributed by atoms with Crippen molar-refractivity contribution in [1.29, 1.82) is 0 Å². The maximum Gasteiger partial charge on any atom is 0.386 e. The molecule has 0 saturated carbocycles. The summed E-state index contributed by atoms with van der Waals surface area (Å²) in [6.45, 7) is 38.9. The van der Waals surface area contributed by atoms with Gasteiger partial charge in [0.1, 0.15) is 60.2 Å². The average Bonchev–Trinajstić information content (AvgIpc) is 1.58. The third-order valence-corrected chi connectivity index (χ3v) is 22.7. The summed E-state index contributed by atoms with van der Waals surface area (Å²) in [7, 11) is 0. The fraction of sp³-hybridized carbons (Fsp3) is 0.435. The first-order valence-electron chi connectivity index (χ1n) is 30.6. The van der Waals surface area contributed by atoms with Gasteiger partial charge in [-0.05, 0) is 81.6 Å². The molecular weight excluding hydrogens is 1120 g/mol. The van der Waals surface area contributed by atoms with Crippen LogP contribution in [0.25, 0.3) is 52.1 Å². The summed E-state index contributed by atoms with van der Waals surface area (Å²) in [4.78, 5) is 70.2. The molecule has 0 radical (unpaired) electrons. The Labute approximate surface area is 514 Å². The molecule has 9 aliphatic rings. The number of esters is 1. The topological polar surface area (TPSA) is 199 Å². The lowest BCUT2D eigenvalue weighted by molar-refractivity contribution is -0.152. The molecule has 0 amide bonds. The number of carboxylic acid groups (broad SMARTS) is 1. The maximum atomic E-state index is 15.4. The fourth-order valence-electron chi connectivity index (χ4n) is 18.0. The first-order chi connectivity index (χ1) is 43.1. The number of carbonyl (C=O) groups is 2. The molecule has 0 aliphatic carbocycles. The quantitative estimate of drug-likeness (QED) is 0.0399. The van der Waals surface area contributed by atoms with Crippen molar-refractivity contribution in [3.8, 4) is 38.8 Å². The molecule has 20 nitrogen and oxygen atoms in total. The number of piperidine rings is 2. The number of aliphatic carboxylic acids is 1. The molecule has 3 saturated heterocycles. The number of para-hydroxylation sites is 3. The van der Waals surface area contributed by atoms with E-state index in [4.69, 9.17) is 75.9 Å². The molecule has 89 heavy (non-hydrogen) atoms. The van der Waals surface area contributed by atoms with Crippen molar-refractivity contribution in [2.24, 2.45) is 22.2 Å². The van der Waals surface area contributed by atoms with Gasteiger partial charge in [0, 0.05) is 83.2 Å². The van der Waals surface area contributed by atoms with Gasteiger partial charge in [-0.1, -0.05) is 80.4 Å². The molecule has 12 heterocycles. The monoisotopic (exact) mass is 1190 g/mol. The number of fused-ring (bicyclic) bond motifs is 19. The second-order valence-corrected chi connectivity index (χ2v) is 26.2. The molecule has 3 aromatic carbocycles. The lowest BCUT2D eigenvalue weighted by Crippen LogP contribution is -2.79. The van der Waals surface area contributed by atoms with Gasteiger partial charge in [-0.2, -0.15) is 4.90 Å². The zero-order chi connectivity index (χ0) is 61.6. The van der Waals surface area contributed by atoms with E-state index in [1.54, 1.807) is 19.4 Å². The molecule has 2 unspecified atom stereocenters. The third-order valence-electron chi connectivity index (χ3n) is 22.7. The highest BCUT2D eigenvalue weighted by Gasteiger charge is 2.80. The summed E-state index contributed by atoms with van der Waals surface area (Å²) in [5.74, 6) is -2.46. The van der Waals surface area contributed by atoms with Gasteiger partial charge in [0.25, 0.3) is 26.3 Å². The Balaban J connectivity index is 0.759. The van der Waals surface area contributed by atoms with Crippen LogP contribution in [0, 0.1) is 56.0 Å². The Bertz CT molecular complexity index is 4370. The summed E-state index contributed by atoms with van der Waals surface area (Å²) in [5, 5.41) is 17.2. The second kappa shape index (κ2) is 19.8. The Morgan fingerprint density at radius 2 is 1.44 bits per heavy atom. The molecular formula is C69H70N12O8+4. The number of benzene rings is 3. The molecule has 3 fully saturated rings. The molecule has 15 rings (SSSR count). The Hall–Kier alpha value is -9.33. The molecule has 3 aromatic heterocycles. The minimum Gasteiger partial charge on any atom is -0.500 e. The first kappa shape index (κ1) is 56.2. The Morgan fingerprint density at radius 1 is 0.798 bits per heavy atom. The van der Waals surface area contributed by atoms with Crippen molar-refractivity contribution < 1.29 is 38.4 Å². The SMILES string of the molecule is C#CN[C@@]12C[C@]3([N+]#C)C(C(=O)O)=CO[C@@H](C)[C@]3(N=C)CN1C(COC(=O)C1=COC[C@H]3C[C@@H]1C[C@@]1([N+]#C)c4[nH]c5ccccc5c4CC(OCC4=CO[C@@H](C)[C@@]5(C)CN6CCc7c([nH]c8ccccc78)[C@]6([N+]#C)C[C@]45[N+]#C)N1C3)Cc1c2[nH]c2ccccc12. The summed E-state index contributed by atoms with van der Waals surface area (Å²) in [5.41, 5.74) is 0.834. The summed E-state index contributed by atoms with van der Waals surface area (Å²) >= 11 is 0. The minimum atomic E-state index is -1.69. The van der Waals surface area contributed by atoms with E-state index in [1.807, 2.05) is 48.5 Å². The summed E-state index contributed by atoms with van der Waals surface area (Å²) < 4.78 is 33.1. The van der Waals surface area contributed by atoms with Gasteiger partial charge in [0.2, 0.25) is 0 Å². The van der Waals surface area contributed by atoms with Gasteiger partial charge < -0.3 is 49.1 Å². The Morgan fingerprint density at radius 3 is 2.09 bits per heavy atom. The Kier molecular flexibility index (Phi) is 12.5. The van der Waals surface area contributed by atoms with Crippen molar-refractivity contribution in [2.45, 2.75) is 124 Å². The number of nitrogens with one attached hydrogen (secondary N) is 4. The van der Waals surface area contributed by atoms with Crippen LogP contribution in [0.4, 0.5) is 0 Å².